The van der Waals surface area contributed by atoms with Gasteiger partial charge in [-0.25, -0.2) is 4.98 Å². The number of para-hydroxylation sites is 1. The number of amides is 1. The smallest absolute Gasteiger partial charge is 0.234 e. The number of aromatic nitrogens is 4. The molecule has 0 fully saturated rings. The molecule has 0 aliphatic rings. The first kappa shape index (κ1) is 20.9. The van der Waals surface area contributed by atoms with Gasteiger partial charge in [-0.05, 0) is 24.6 Å². The van der Waals surface area contributed by atoms with Crippen LogP contribution < -0.4 is 14.8 Å². The van der Waals surface area contributed by atoms with E-state index in [2.05, 4.69) is 33.1 Å². The van der Waals surface area contributed by atoms with Crippen LogP contribution in [0, 0.1) is 0 Å². The molecule has 0 spiro atoms. The first-order chi connectivity index (χ1) is 15.1. The lowest BCUT2D eigenvalue weighted by atomic mass is 10.2. The second-order valence-electron chi connectivity index (χ2n) is 6.84. The van der Waals surface area contributed by atoms with Gasteiger partial charge in [0.1, 0.15) is 17.0 Å². The van der Waals surface area contributed by atoms with Gasteiger partial charge in [-0.3, -0.25) is 4.79 Å². The van der Waals surface area contributed by atoms with Crippen molar-refractivity contribution in [2.24, 2.45) is 0 Å². The van der Waals surface area contributed by atoms with E-state index in [-0.39, 0.29) is 11.7 Å². The van der Waals surface area contributed by atoms with E-state index in [9.17, 15) is 4.79 Å². The Balaban J connectivity index is 1.52. The Labute approximate surface area is 184 Å². The molecule has 1 amide bonds. The van der Waals surface area contributed by atoms with Crippen LogP contribution in [0.2, 0.25) is 0 Å². The molecule has 0 unspecified atom stereocenters. The number of rotatable bonds is 8. The van der Waals surface area contributed by atoms with Crippen molar-refractivity contribution in [1.29, 1.82) is 0 Å². The van der Waals surface area contributed by atoms with Crippen LogP contribution in [0.15, 0.2) is 47.6 Å². The van der Waals surface area contributed by atoms with Gasteiger partial charge in [-0.2, -0.15) is 0 Å². The van der Waals surface area contributed by atoms with Gasteiger partial charge in [0.2, 0.25) is 11.1 Å². The minimum atomic E-state index is -0.189. The number of hydrogen-bond acceptors (Lipinski definition) is 7. The summed E-state index contributed by atoms with van der Waals surface area (Å²) in [6, 6.07) is 13.3. The van der Waals surface area contributed by atoms with Gasteiger partial charge in [-0.15, -0.1) is 10.2 Å². The lowest BCUT2D eigenvalue weighted by Crippen LogP contribution is -2.15. The van der Waals surface area contributed by atoms with Crippen molar-refractivity contribution in [2.45, 2.75) is 25.0 Å². The first-order valence-electron chi connectivity index (χ1n) is 9.91. The minimum absolute atomic E-state index is 0.149. The fourth-order valence-corrected chi connectivity index (χ4v) is 4.00. The van der Waals surface area contributed by atoms with E-state index in [0.29, 0.717) is 22.3 Å². The summed E-state index contributed by atoms with van der Waals surface area (Å²) in [5, 5.41) is 13.0. The average molecular weight is 438 g/mol. The number of aryl methyl sites for hydroxylation is 1. The van der Waals surface area contributed by atoms with Crippen molar-refractivity contribution in [3.05, 3.63) is 42.5 Å². The lowest BCUT2D eigenvalue weighted by Gasteiger charge is -2.11. The molecule has 0 atom stereocenters. The Morgan fingerprint density at radius 1 is 1.13 bits per heavy atom. The summed E-state index contributed by atoms with van der Waals surface area (Å²) in [5.41, 5.74) is 3.23. The molecule has 2 aromatic heterocycles. The van der Waals surface area contributed by atoms with E-state index in [1.54, 1.807) is 32.4 Å². The largest absolute Gasteiger partial charge is 0.497 e. The topological polar surface area (TPSA) is 91.2 Å². The molecular formula is C22H23N5O3S. The Kier molecular flexibility index (Phi) is 6.22. The molecule has 4 rings (SSSR count). The van der Waals surface area contributed by atoms with Crippen molar-refractivity contribution < 1.29 is 14.3 Å². The Hall–Kier alpha value is -3.33. The molecule has 2 heterocycles. The van der Waals surface area contributed by atoms with Crippen LogP contribution in [0.5, 0.6) is 11.5 Å². The summed E-state index contributed by atoms with van der Waals surface area (Å²) in [6.07, 6.45) is 0.979. The normalized spacial score (nSPS) is 11.1. The monoisotopic (exact) mass is 437 g/mol. The summed E-state index contributed by atoms with van der Waals surface area (Å²) >= 11 is 1.24. The van der Waals surface area contributed by atoms with Gasteiger partial charge in [0.05, 0.1) is 31.2 Å². The highest BCUT2D eigenvalue weighted by atomic mass is 32.2. The average Bonchev–Trinajstić information content (AvgIpc) is 3.11. The quantitative estimate of drug-likeness (QED) is 0.414. The van der Waals surface area contributed by atoms with E-state index in [1.165, 1.54) is 11.8 Å². The van der Waals surface area contributed by atoms with Gasteiger partial charge in [0.15, 0.2) is 5.65 Å². The second kappa shape index (κ2) is 9.22. The molecule has 0 saturated heterocycles. The molecule has 1 N–H and O–H groups in total. The zero-order chi connectivity index (χ0) is 21.8. The summed E-state index contributed by atoms with van der Waals surface area (Å²) < 4.78 is 12.7. The highest BCUT2D eigenvalue weighted by Crippen LogP contribution is 2.30. The summed E-state index contributed by atoms with van der Waals surface area (Å²) in [6.45, 7) is 2.97. The van der Waals surface area contributed by atoms with E-state index in [1.807, 2.05) is 18.2 Å². The highest BCUT2D eigenvalue weighted by molar-refractivity contribution is 7.99. The van der Waals surface area contributed by atoms with Crippen LogP contribution in [0.1, 0.15) is 13.3 Å². The van der Waals surface area contributed by atoms with E-state index < -0.39 is 0 Å². The Morgan fingerprint density at radius 3 is 2.74 bits per heavy atom. The summed E-state index contributed by atoms with van der Waals surface area (Å²) in [7, 11) is 3.12. The third-order valence-electron chi connectivity index (χ3n) is 4.82. The Morgan fingerprint density at radius 2 is 1.97 bits per heavy atom. The molecule has 0 bridgehead atoms. The first-order valence-corrected chi connectivity index (χ1v) is 10.9. The predicted octanol–water partition coefficient (Wildman–Crippen LogP) is 4.14. The highest BCUT2D eigenvalue weighted by Gasteiger charge is 2.15. The van der Waals surface area contributed by atoms with Gasteiger partial charge in [0, 0.05) is 18.0 Å². The number of fused-ring (bicyclic) bond motifs is 3. The number of hydrogen-bond donors (Lipinski definition) is 1. The number of thioether (sulfide) groups is 1. The maximum absolute atomic E-state index is 12.5. The Bertz CT molecular complexity index is 1240. The van der Waals surface area contributed by atoms with Gasteiger partial charge < -0.3 is 19.4 Å². The number of methoxy groups -OCH3 is 2. The van der Waals surface area contributed by atoms with Crippen LogP contribution in [0.25, 0.3) is 22.1 Å². The number of carbonyl (C=O) groups is 1. The molecule has 0 aliphatic carbocycles. The number of nitrogens with one attached hydrogen (secondary N) is 1. The van der Waals surface area contributed by atoms with Gasteiger partial charge in [0.25, 0.3) is 0 Å². The predicted molar refractivity (Wildman–Crippen MR) is 122 cm³/mol. The van der Waals surface area contributed by atoms with Crippen molar-refractivity contribution in [1.82, 2.24) is 19.7 Å². The molecular weight excluding hydrogens is 414 g/mol. The number of carbonyl (C=O) groups excluding carboxylic acids is 1. The lowest BCUT2D eigenvalue weighted by molar-refractivity contribution is -0.113. The molecule has 0 aliphatic heterocycles. The van der Waals surface area contributed by atoms with Gasteiger partial charge >= 0.3 is 0 Å². The summed E-state index contributed by atoms with van der Waals surface area (Å²) in [4.78, 5) is 17.2. The number of nitrogens with zero attached hydrogens (tertiary/aromatic N) is 4. The SMILES string of the molecule is CCCn1c2ccccc2c2nnc(SCC(=O)Nc3ccc(OC)cc3OC)nc21. The molecule has 9 heteroatoms. The third kappa shape index (κ3) is 4.27. The van der Waals surface area contributed by atoms with Crippen LogP contribution in [-0.2, 0) is 11.3 Å². The number of anilines is 1. The fourth-order valence-electron chi connectivity index (χ4n) is 3.42. The van der Waals surface area contributed by atoms with Crippen molar-refractivity contribution >= 4 is 45.4 Å². The maximum atomic E-state index is 12.5. The van der Waals surface area contributed by atoms with Crippen LogP contribution in [-0.4, -0.2) is 45.6 Å². The molecule has 0 saturated carbocycles. The molecule has 2 aromatic carbocycles. The second-order valence-corrected chi connectivity index (χ2v) is 7.78. The van der Waals surface area contributed by atoms with E-state index in [0.717, 1.165) is 35.0 Å². The van der Waals surface area contributed by atoms with Crippen molar-refractivity contribution in [3.63, 3.8) is 0 Å². The zero-order valence-electron chi connectivity index (χ0n) is 17.6. The molecule has 31 heavy (non-hydrogen) atoms. The zero-order valence-corrected chi connectivity index (χ0v) is 18.4. The fraction of sp³-hybridized carbons (Fsp3) is 0.273. The maximum Gasteiger partial charge on any atom is 0.234 e. The standard InChI is InChI=1S/C22H23N5O3S/c1-4-11-27-17-8-6-5-7-15(17)20-21(27)24-22(26-25-20)31-13-19(28)23-16-10-9-14(29-2)12-18(16)30-3/h5-10,12H,4,11,13H2,1-3H3,(H,23,28). The third-order valence-corrected chi connectivity index (χ3v) is 5.65. The van der Waals surface area contributed by atoms with Crippen LogP contribution in [0.3, 0.4) is 0 Å². The molecule has 0 radical (unpaired) electrons. The molecule has 8 nitrogen and oxygen atoms in total. The van der Waals surface area contributed by atoms with E-state index >= 15 is 0 Å². The van der Waals surface area contributed by atoms with Crippen molar-refractivity contribution in [3.8, 4) is 11.5 Å². The number of benzene rings is 2. The van der Waals surface area contributed by atoms with Crippen molar-refractivity contribution in [2.75, 3.05) is 25.3 Å². The number of ether oxygens (including phenoxy) is 2. The van der Waals surface area contributed by atoms with E-state index in [4.69, 9.17) is 14.5 Å². The van der Waals surface area contributed by atoms with Gasteiger partial charge in [-0.1, -0.05) is 36.9 Å². The van der Waals surface area contributed by atoms with Crippen LogP contribution >= 0.6 is 11.8 Å². The molecule has 4 aromatic rings. The molecule has 160 valence electrons. The summed E-state index contributed by atoms with van der Waals surface area (Å²) in [5.74, 6) is 1.14. The minimum Gasteiger partial charge on any atom is -0.497 e. The van der Waals surface area contributed by atoms with Crippen LogP contribution in [0.4, 0.5) is 5.69 Å².